The van der Waals surface area contributed by atoms with E-state index in [2.05, 4.69) is 20.6 Å². The zero-order valence-electron chi connectivity index (χ0n) is 17.5. The quantitative estimate of drug-likeness (QED) is 0.0580. The van der Waals surface area contributed by atoms with E-state index in [9.17, 15) is 14.4 Å². The van der Waals surface area contributed by atoms with E-state index in [4.69, 9.17) is 28.7 Å². The van der Waals surface area contributed by atoms with Gasteiger partial charge in [0.1, 0.15) is 12.3 Å². The van der Waals surface area contributed by atoms with Gasteiger partial charge in [-0.3, -0.25) is 19.6 Å². The van der Waals surface area contributed by atoms with Crippen LogP contribution in [0.1, 0.15) is 51.4 Å². The lowest BCUT2D eigenvalue weighted by atomic mass is 10.1. The number of aldehydes is 1. The second kappa shape index (κ2) is 17.0. The molecule has 30 heavy (non-hydrogen) atoms. The number of nitrogens with zero attached hydrogens (tertiary/aromatic N) is 2. The third kappa shape index (κ3) is 15.1. The Morgan fingerprint density at radius 2 is 1.43 bits per heavy atom. The summed E-state index contributed by atoms with van der Waals surface area (Å²) in [4.78, 5) is 42.9. The number of nitrogens with two attached hydrogens (primary N) is 5. The number of hydrogen-bond acceptors (Lipinski definition) is 6. The average molecular weight is 428 g/mol. The summed E-state index contributed by atoms with van der Waals surface area (Å²) >= 11 is 0. The first-order valence-electron chi connectivity index (χ1n) is 10.2. The Labute approximate surface area is 177 Å². The summed E-state index contributed by atoms with van der Waals surface area (Å²) in [6.07, 6.45) is 5.54. The molecule has 0 aromatic rings. The molecular weight excluding hydrogens is 390 g/mol. The van der Waals surface area contributed by atoms with Crippen LogP contribution in [0.2, 0.25) is 0 Å². The number of hydrogen-bond donors (Lipinski definition) is 7. The molecule has 0 fully saturated rings. The fourth-order valence-corrected chi connectivity index (χ4v) is 2.57. The van der Waals surface area contributed by atoms with Gasteiger partial charge in [-0.25, -0.2) is 0 Å². The van der Waals surface area contributed by atoms with Gasteiger partial charge in [0.25, 0.3) is 0 Å². The van der Waals surface area contributed by atoms with Crippen molar-refractivity contribution in [1.82, 2.24) is 10.6 Å². The Morgan fingerprint density at radius 1 is 0.833 bits per heavy atom. The second-order valence-electron chi connectivity index (χ2n) is 6.87. The molecule has 0 saturated carbocycles. The van der Waals surface area contributed by atoms with E-state index in [1.54, 1.807) is 0 Å². The van der Waals surface area contributed by atoms with Crippen LogP contribution in [-0.2, 0) is 14.4 Å². The van der Waals surface area contributed by atoms with Crippen molar-refractivity contribution in [2.75, 3.05) is 19.6 Å². The highest BCUT2D eigenvalue weighted by Crippen LogP contribution is 2.03. The van der Waals surface area contributed by atoms with Crippen molar-refractivity contribution in [1.29, 1.82) is 0 Å². The van der Waals surface area contributed by atoms with Crippen molar-refractivity contribution in [2.24, 2.45) is 38.7 Å². The number of rotatable bonds is 17. The molecule has 0 rings (SSSR count). The first-order chi connectivity index (χ1) is 14.3. The predicted octanol–water partition coefficient (Wildman–Crippen LogP) is -2.22. The Balaban J connectivity index is 4.59. The van der Waals surface area contributed by atoms with Gasteiger partial charge in [0, 0.05) is 26.1 Å². The van der Waals surface area contributed by atoms with Crippen molar-refractivity contribution in [3.8, 4) is 0 Å². The van der Waals surface area contributed by atoms with E-state index in [0.717, 1.165) is 25.5 Å². The van der Waals surface area contributed by atoms with Crippen LogP contribution in [0.15, 0.2) is 9.98 Å². The summed E-state index contributed by atoms with van der Waals surface area (Å²) in [5, 5.41) is 5.50. The van der Waals surface area contributed by atoms with Gasteiger partial charge in [-0.05, 0) is 38.5 Å². The summed E-state index contributed by atoms with van der Waals surface area (Å²) in [5.74, 6) is -0.765. The van der Waals surface area contributed by atoms with Gasteiger partial charge in [0.2, 0.25) is 11.8 Å². The molecule has 2 amide bonds. The van der Waals surface area contributed by atoms with Crippen molar-refractivity contribution >= 4 is 30.0 Å². The highest BCUT2D eigenvalue weighted by Gasteiger charge is 2.23. The van der Waals surface area contributed by atoms with Crippen molar-refractivity contribution < 1.29 is 14.4 Å². The fourth-order valence-electron chi connectivity index (χ4n) is 2.57. The van der Waals surface area contributed by atoms with Gasteiger partial charge in [-0.2, -0.15) is 0 Å². The van der Waals surface area contributed by atoms with Crippen LogP contribution in [0.4, 0.5) is 0 Å². The standard InChI is InChI=1S/C18H37N9O3/c19-13(7-5-10-25-17(20)21)15(29)27-14(8-6-11-26-18(22)23)16(30)24-9-3-1-2-4-12-28/h12-14H,1-11,19H2,(H,24,30)(H,27,29)(H4,20,21,25)(H4,22,23,26)/t13-,14-/m1/s1. The molecule has 0 aliphatic heterocycles. The van der Waals surface area contributed by atoms with Crippen LogP contribution >= 0.6 is 0 Å². The maximum atomic E-state index is 12.5. The zero-order chi connectivity index (χ0) is 22.8. The minimum atomic E-state index is -0.782. The molecule has 0 aliphatic rings. The van der Waals surface area contributed by atoms with Crippen molar-refractivity contribution in [2.45, 2.75) is 63.5 Å². The lowest BCUT2D eigenvalue weighted by Crippen LogP contribution is -2.51. The monoisotopic (exact) mass is 427 g/mol. The smallest absolute Gasteiger partial charge is 0.242 e. The number of amides is 2. The van der Waals surface area contributed by atoms with Crippen molar-refractivity contribution in [3.63, 3.8) is 0 Å². The van der Waals surface area contributed by atoms with E-state index in [-0.39, 0.29) is 17.8 Å². The summed E-state index contributed by atoms with van der Waals surface area (Å²) < 4.78 is 0. The topological polar surface area (TPSA) is 230 Å². The molecule has 12 heteroatoms. The molecule has 0 radical (unpaired) electrons. The van der Waals surface area contributed by atoms with E-state index < -0.39 is 18.0 Å². The van der Waals surface area contributed by atoms with E-state index in [1.807, 2.05) is 0 Å². The molecule has 0 unspecified atom stereocenters. The molecule has 0 heterocycles. The first-order valence-corrected chi connectivity index (χ1v) is 10.2. The first kappa shape index (κ1) is 27.1. The maximum Gasteiger partial charge on any atom is 0.242 e. The van der Waals surface area contributed by atoms with Crippen LogP contribution in [0, 0.1) is 0 Å². The molecule has 0 aromatic carbocycles. The number of carbonyl (C=O) groups excluding carboxylic acids is 3. The maximum absolute atomic E-state index is 12.5. The SMILES string of the molecule is NC(N)=NCCC[C@@H](N)C(=O)N[C@H](CCCN=C(N)N)C(=O)NCCCCCC=O. The lowest BCUT2D eigenvalue weighted by molar-refractivity contribution is -0.129. The Bertz CT molecular complexity index is 573. The summed E-state index contributed by atoms with van der Waals surface area (Å²) in [5.41, 5.74) is 27.0. The van der Waals surface area contributed by atoms with E-state index in [1.165, 1.54) is 0 Å². The van der Waals surface area contributed by atoms with Gasteiger partial charge >= 0.3 is 0 Å². The van der Waals surface area contributed by atoms with Gasteiger partial charge in [-0.15, -0.1) is 0 Å². The Hall–Kier alpha value is -2.89. The van der Waals surface area contributed by atoms with Gasteiger partial charge in [0.05, 0.1) is 6.04 Å². The third-order valence-electron chi connectivity index (χ3n) is 4.18. The van der Waals surface area contributed by atoms with Crippen LogP contribution in [0.5, 0.6) is 0 Å². The van der Waals surface area contributed by atoms with Gasteiger partial charge in [-0.1, -0.05) is 6.42 Å². The minimum absolute atomic E-state index is 0.0170. The van der Waals surface area contributed by atoms with Crippen LogP contribution < -0.4 is 39.3 Å². The molecule has 0 bridgehead atoms. The number of unbranched alkanes of at least 4 members (excludes halogenated alkanes) is 3. The summed E-state index contributed by atoms with van der Waals surface area (Å²) in [7, 11) is 0. The third-order valence-corrected chi connectivity index (χ3v) is 4.18. The van der Waals surface area contributed by atoms with E-state index in [0.29, 0.717) is 51.7 Å². The van der Waals surface area contributed by atoms with Crippen molar-refractivity contribution in [3.05, 3.63) is 0 Å². The van der Waals surface area contributed by atoms with Crippen LogP contribution in [0.25, 0.3) is 0 Å². The molecule has 12 nitrogen and oxygen atoms in total. The summed E-state index contributed by atoms with van der Waals surface area (Å²) in [6, 6.07) is -1.53. The number of guanidine groups is 2. The van der Waals surface area contributed by atoms with Gasteiger partial charge in [0.15, 0.2) is 11.9 Å². The molecule has 2 atom stereocenters. The normalized spacial score (nSPS) is 12.3. The average Bonchev–Trinajstić information content (AvgIpc) is 2.69. The highest BCUT2D eigenvalue weighted by molar-refractivity contribution is 5.89. The zero-order valence-corrected chi connectivity index (χ0v) is 17.5. The van der Waals surface area contributed by atoms with Crippen LogP contribution in [0.3, 0.4) is 0 Å². The highest BCUT2D eigenvalue weighted by atomic mass is 16.2. The molecule has 0 spiro atoms. The fraction of sp³-hybridized carbons (Fsp3) is 0.722. The summed E-state index contributed by atoms with van der Waals surface area (Å²) in [6.45, 7) is 1.18. The molecule has 0 saturated heterocycles. The number of nitrogens with one attached hydrogen (secondary N) is 2. The largest absolute Gasteiger partial charge is 0.370 e. The molecule has 172 valence electrons. The minimum Gasteiger partial charge on any atom is -0.370 e. The Kier molecular flexibility index (Phi) is 15.4. The molecule has 12 N–H and O–H groups in total. The van der Waals surface area contributed by atoms with E-state index >= 15 is 0 Å². The number of carbonyl (C=O) groups is 3. The lowest BCUT2D eigenvalue weighted by Gasteiger charge is -2.20. The predicted molar refractivity (Wildman–Crippen MR) is 117 cm³/mol. The number of aliphatic imine (C=N–C) groups is 2. The molecule has 0 aliphatic carbocycles. The second-order valence-corrected chi connectivity index (χ2v) is 6.87. The molecular formula is C18H37N9O3. The Morgan fingerprint density at radius 3 is 2.00 bits per heavy atom. The van der Waals surface area contributed by atoms with Crippen LogP contribution in [-0.4, -0.2) is 61.7 Å². The molecule has 0 aromatic heterocycles. The van der Waals surface area contributed by atoms with Gasteiger partial charge < -0.3 is 44.1 Å².